The van der Waals surface area contributed by atoms with Gasteiger partial charge >= 0.3 is 0 Å². The molecule has 0 spiro atoms. The number of hydrogen-bond donors (Lipinski definition) is 1. The largest absolute Gasteiger partial charge is 0.489 e. The van der Waals surface area contributed by atoms with Crippen LogP contribution in [0.15, 0.2) is 42.5 Å². The summed E-state index contributed by atoms with van der Waals surface area (Å²) in [6, 6.07) is 15.1. The minimum absolute atomic E-state index is 0.168. The molecule has 1 aliphatic carbocycles. The molecule has 0 aromatic heterocycles. The topological polar surface area (TPSA) is 35.2 Å². The number of nitrogens with two attached hydrogens (primary N) is 1. The molecule has 2 aromatic carbocycles. The fourth-order valence-electron chi connectivity index (χ4n) is 3.02. The molecule has 0 aliphatic heterocycles. The third kappa shape index (κ3) is 3.11. The maximum absolute atomic E-state index is 6.20. The molecule has 0 bridgehead atoms. The van der Waals surface area contributed by atoms with Gasteiger partial charge in [0, 0.05) is 6.04 Å². The molecule has 3 rings (SSSR count). The molecule has 110 valence electrons. The molecule has 2 aromatic rings. The SMILES string of the molecule is CCc1ccc(COc2cccc3c2CCCC3N)cc1. The van der Waals surface area contributed by atoms with E-state index in [9.17, 15) is 0 Å². The lowest BCUT2D eigenvalue weighted by Gasteiger charge is -2.24. The Balaban J connectivity index is 1.74. The van der Waals surface area contributed by atoms with Crippen LogP contribution in [0.1, 0.15) is 48.1 Å². The Hall–Kier alpha value is -1.80. The molecule has 1 unspecified atom stereocenters. The molecule has 21 heavy (non-hydrogen) atoms. The summed E-state index contributed by atoms with van der Waals surface area (Å²) in [5.74, 6) is 1.00. The summed E-state index contributed by atoms with van der Waals surface area (Å²) in [7, 11) is 0. The second-order valence-electron chi connectivity index (χ2n) is 5.78. The van der Waals surface area contributed by atoms with Gasteiger partial charge in [-0.15, -0.1) is 0 Å². The van der Waals surface area contributed by atoms with Gasteiger partial charge in [0.05, 0.1) is 0 Å². The number of fused-ring (bicyclic) bond motifs is 1. The van der Waals surface area contributed by atoms with E-state index in [4.69, 9.17) is 10.5 Å². The Kier molecular flexibility index (Phi) is 4.26. The average molecular weight is 281 g/mol. The third-order valence-electron chi connectivity index (χ3n) is 4.34. The Morgan fingerprint density at radius 1 is 1.10 bits per heavy atom. The van der Waals surface area contributed by atoms with E-state index in [-0.39, 0.29) is 6.04 Å². The maximum Gasteiger partial charge on any atom is 0.123 e. The number of aryl methyl sites for hydroxylation is 1. The third-order valence-corrected chi connectivity index (χ3v) is 4.34. The number of hydrogen-bond acceptors (Lipinski definition) is 2. The highest BCUT2D eigenvalue weighted by Gasteiger charge is 2.19. The molecule has 2 heteroatoms. The van der Waals surface area contributed by atoms with E-state index < -0.39 is 0 Å². The van der Waals surface area contributed by atoms with Crippen LogP contribution in [0.4, 0.5) is 0 Å². The predicted molar refractivity (Wildman–Crippen MR) is 86.5 cm³/mol. The standard InChI is InChI=1S/C19H23NO/c1-2-14-9-11-15(12-10-14)13-21-19-8-4-5-16-17(19)6-3-7-18(16)20/h4-5,8-12,18H,2-3,6-7,13,20H2,1H3. The smallest absolute Gasteiger partial charge is 0.123 e. The molecule has 2 N–H and O–H groups in total. The number of ether oxygens (including phenoxy) is 1. The van der Waals surface area contributed by atoms with E-state index in [1.165, 1.54) is 22.3 Å². The van der Waals surface area contributed by atoms with Crippen LogP contribution in [0.2, 0.25) is 0 Å². The fourth-order valence-corrected chi connectivity index (χ4v) is 3.02. The zero-order chi connectivity index (χ0) is 14.7. The second kappa shape index (κ2) is 6.31. The summed E-state index contributed by atoms with van der Waals surface area (Å²) in [4.78, 5) is 0. The Morgan fingerprint density at radius 2 is 1.86 bits per heavy atom. The van der Waals surface area contributed by atoms with Crippen molar-refractivity contribution in [3.05, 3.63) is 64.7 Å². The molecule has 0 heterocycles. The first kappa shape index (κ1) is 14.2. The lowest BCUT2D eigenvalue weighted by molar-refractivity contribution is 0.300. The first-order chi connectivity index (χ1) is 10.3. The van der Waals surface area contributed by atoms with Crippen molar-refractivity contribution in [1.29, 1.82) is 0 Å². The van der Waals surface area contributed by atoms with Crippen LogP contribution in [0.5, 0.6) is 5.75 Å². The predicted octanol–water partition coefficient (Wildman–Crippen LogP) is 4.16. The van der Waals surface area contributed by atoms with E-state index in [0.717, 1.165) is 31.4 Å². The van der Waals surface area contributed by atoms with Crippen LogP contribution in [-0.2, 0) is 19.4 Å². The van der Waals surface area contributed by atoms with Gasteiger partial charge in [-0.25, -0.2) is 0 Å². The van der Waals surface area contributed by atoms with Gasteiger partial charge in [0.25, 0.3) is 0 Å². The first-order valence-electron chi connectivity index (χ1n) is 7.86. The zero-order valence-electron chi connectivity index (χ0n) is 12.6. The Morgan fingerprint density at radius 3 is 2.62 bits per heavy atom. The van der Waals surface area contributed by atoms with Gasteiger partial charge in [0.1, 0.15) is 12.4 Å². The molecule has 0 radical (unpaired) electrons. The average Bonchev–Trinajstić information content (AvgIpc) is 2.54. The minimum Gasteiger partial charge on any atom is -0.489 e. The van der Waals surface area contributed by atoms with E-state index in [1.54, 1.807) is 0 Å². The molecule has 0 amide bonds. The van der Waals surface area contributed by atoms with Crippen LogP contribution in [0.25, 0.3) is 0 Å². The molecule has 1 aliphatic rings. The first-order valence-corrected chi connectivity index (χ1v) is 7.86. The minimum atomic E-state index is 0.168. The Labute approximate surface area is 126 Å². The van der Waals surface area contributed by atoms with E-state index in [1.807, 2.05) is 0 Å². The zero-order valence-corrected chi connectivity index (χ0v) is 12.6. The molecular weight excluding hydrogens is 258 g/mol. The Bertz CT molecular complexity index is 603. The second-order valence-corrected chi connectivity index (χ2v) is 5.78. The van der Waals surface area contributed by atoms with Gasteiger partial charge in [-0.05, 0) is 54.0 Å². The summed E-state index contributed by atoms with van der Waals surface area (Å²) in [5, 5.41) is 0. The van der Waals surface area contributed by atoms with Crippen LogP contribution >= 0.6 is 0 Å². The number of benzene rings is 2. The van der Waals surface area contributed by atoms with Gasteiger partial charge < -0.3 is 10.5 Å². The summed E-state index contributed by atoms with van der Waals surface area (Å²) in [6.07, 6.45) is 4.38. The van der Waals surface area contributed by atoms with Crippen LogP contribution in [0, 0.1) is 0 Å². The summed E-state index contributed by atoms with van der Waals surface area (Å²) < 4.78 is 6.06. The lowest BCUT2D eigenvalue weighted by atomic mass is 9.87. The monoisotopic (exact) mass is 281 g/mol. The highest BCUT2D eigenvalue weighted by atomic mass is 16.5. The van der Waals surface area contributed by atoms with Crippen molar-refractivity contribution in [3.8, 4) is 5.75 Å². The van der Waals surface area contributed by atoms with Crippen LogP contribution in [-0.4, -0.2) is 0 Å². The van der Waals surface area contributed by atoms with Gasteiger partial charge in [0.15, 0.2) is 0 Å². The number of rotatable bonds is 4. The normalized spacial score (nSPS) is 17.3. The van der Waals surface area contributed by atoms with Crippen LogP contribution < -0.4 is 10.5 Å². The van der Waals surface area contributed by atoms with Crippen molar-refractivity contribution in [1.82, 2.24) is 0 Å². The fraction of sp³-hybridized carbons (Fsp3) is 0.368. The van der Waals surface area contributed by atoms with Crippen molar-refractivity contribution < 1.29 is 4.74 Å². The summed E-state index contributed by atoms with van der Waals surface area (Å²) in [5.41, 5.74) is 11.3. The van der Waals surface area contributed by atoms with Crippen molar-refractivity contribution in [2.75, 3.05) is 0 Å². The molecule has 0 fully saturated rings. The van der Waals surface area contributed by atoms with Gasteiger partial charge in [-0.1, -0.05) is 43.3 Å². The van der Waals surface area contributed by atoms with E-state index in [0.29, 0.717) is 6.61 Å². The molecular formula is C19H23NO. The lowest BCUT2D eigenvalue weighted by Crippen LogP contribution is -2.18. The maximum atomic E-state index is 6.20. The quantitative estimate of drug-likeness (QED) is 0.913. The van der Waals surface area contributed by atoms with Gasteiger partial charge in [-0.3, -0.25) is 0 Å². The summed E-state index contributed by atoms with van der Waals surface area (Å²) in [6.45, 7) is 2.79. The van der Waals surface area contributed by atoms with Gasteiger partial charge in [0.2, 0.25) is 0 Å². The van der Waals surface area contributed by atoms with Crippen molar-refractivity contribution in [2.45, 2.75) is 45.3 Å². The van der Waals surface area contributed by atoms with Gasteiger partial charge in [-0.2, -0.15) is 0 Å². The van der Waals surface area contributed by atoms with Crippen molar-refractivity contribution in [3.63, 3.8) is 0 Å². The molecule has 2 nitrogen and oxygen atoms in total. The van der Waals surface area contributed by atoms with Crippen molar-refractivity contribution >= 4 is 0 Å². The molecule has 0 saturated heterocycles. The highest BCUT2D eigenvalue weighted by Crippen LogP contribution is 2.34. The molecule has 0 saturated carbocycles. The van der Waals surface area contributed by atoms with E-state index in [2.05, 4.69) is 49.4 Å². The molecule has 1 atom stereocenters. The van der Waals surface area contributed by atoms with Crippen LogP contribution in [0.3, 0.4) is 0 Å². The van der Waals surface area contributed by atoms with E-state index >= 15 is 0 Å². The summed E-state index contributed by atoms with van der Waals surface area (Å²) >= 11 is 0. The highest BCUT2D eigenvalue weighted by molar-refractivity contribution is 5.43. The van der Waals surface area contributed by atoms with Crippen molar-refractivity contribution in [2.24, 2.45) is 5.73 Å².